The largest absolute Gasteiger partial charge is 0.480 e. The van der Waals surface area contributed by atoms with Crippen molar-refractivity contribution in [3.05, 3.63) is 119 Å². The molecule has 1 aliphatic heterocycles. The molecule has 0 saturated heterocycles. The molecule has 4 aromatic carbocycles. The van der Waals surface area contributed by atoms with Crippen molar-refractivity contribution in [1.82, 2.24) is 10.2 Å². The standard InChI is InChI=1S/C37H35F3N2O6/c1-36(2,3)48-35(46)42-22-27-20-30(47-29-17-14-28(15-18-29)37(38,39)40)16-13-26(27)21-32(42)33(43)41-31(34(44)45)19-23-9-11-25(12-10-23)24-7-5-4-6-8-24/h4-18,20,31-32H,19,21-22H2,1-3H3,(H,41,43)(H,44,45)/t31-,32+/m0/s1. The molecule has 11 heteroatoms. The number of aliphatic carboxylic acids is 1. The van der Waals surface area contributed by atoms with Crippen LogP contribution in [0, 0.1) is 0 Å². The average Bonchev–Trinajstić information content (AvgIpc) is 3.03. The molecule has 48 heavy (non-hydrogen) atoms. The maximum absolute atomic E-state index is 13.7. The zero-order valence-electron chi connectivity index (χ0n) is 26.6. The predicted octanol–water partition coefficient (Wildman–Crippen LogP) is 7.64. The van der Waals surface area contributed by atoms with Crippen molar-refractivity contribution < 1.29 is 42.1 Å². The summed E-state index contributed by atoms with van der Waals surface area (Å²) in [6, 6.07) is 24.1. The first-order valence-corrected chi connectivity index (χ1v) is 15.3. The van der Waals surface area contributed by atoms with Gasteiger partial charge in [0.1, 0.15) is 29.2 Å². The third-order valence-electron chi connectivity index (χ3n) is 7.77. The number of carbonyl (C=O) groups excluding carboxylic acids is 2. The summed E-state index contributed by atoms with van der Waals surface area (Å²) in [5.74, 6) is -1.36. The summed E-state index contributed by atoms with van der Waals surface area (Å²) in [4.78, 5) is 40.6. The lowest BCUT2D eigenvalue weighted by Crippen LogP contribution is -2.56. The molecule has 2 N–H and O–H groups in total. The number of fused-ring (bicyclic) bond motifs is 1. The molecule has 8 nitrogen and oxygen atoms in total. The van der Waals surface area contributed by atoms with Gasteiger partial charge in [-0.05, 0) is 85.0 Å². The van der Waals surface area contributed by atoms with Gasteiger partial charge in [-0.3, -0.25) is 9.69 Å². The first-order chi connectivity index (χ1) is 22.7. The summed E-state index contributed by atoms with van der Waals surface area (Å²) < 4.78 is 50.3. The lowest BCUT2D eigenvalue weighted by atomic mass is 9.93. The molecule has 2 atom stereocenters. The highest BCUT2D eigenvalue weighted by Gasteiger charge is 2.38. The second-order valence-electron chi connectivity index (χ2n) is 12.5. The molecular weight excluding hydrogens is 625 g/mol. The second kappa shape index (κ2) is 13.8. The first-order valence-electron chi connectivity index (χ1n) is 15.3. The number of rotatable bonds is 8. The molecule has 0 saturated carbocycles. The number of benzene rings is 4. The molecule has 250 valence electrons. The summed E-state index contributed by atoms with van der Waals surface area (Å²) in [5.41, 5.74) is 2.38. The van der Waals surface area contributed by atoms with Crippen LogP contribution in [0.4, 0.5) is 18.0 Å². The topological polar surface area (TPSA) is 105 Å². The van der Waals surface area contributed by atoms with E-state index in [9.17, 15) is 32.7 Å². The molecule has 5 rings (SSSR count). The van der Waals surface area contributed by atoms with Crippen molar-refractivity contribution in [2.24, 2.45) is 0 Å². The van der Waals surface area contributed by atoms with E-state index in [1.807, 2.05) is 54.6 Å². The Morgan fingerprint density at radius 1 is 0.854 bits per heavy atom. The van der Waals surface area contributed by atoms with Crippen LogP contribution < -0.4 is 10.1 Å². The van der Waals surface area contributed by atoms with Crippen molar-refractivity contribution in [1.29, 1.82) is 0 Å². The first kappa shape index (κ1) is 34.0. The lowest BCUT2D eigenvalue weighted by Gasteiger charge is -2.37. The molecule has 0 spiro atoms. The summed E-state index contributed by atoms with van der Waals surface area (Å²) in [6.45, 7) is 5.03. The number of carbonyl (C=O) groups is 3. The van der Waals surface area contributed by atoms with Gasteiger partial charge in [-0.1, -0.05) is 60.7 Å². The van der Waals surface area contributed by atoms with Crippen molar-refractivity contribution in [3.63, 3.8) is 0 Å². The minimum Gasteiger partial charge on any atom is -0.480 e. The van der Waals surface area contributed by atoms with Crippen LogP contribution in [-0.4, -0.2) is 45.7 Å². The monoisotopic (exact) mass is 660 g/mol. The minimum atomic E-state index is -4.48. The molecule has 4 aromatic rings. The molecule has 1 aliphatic rings. The van der Waals surface area contributed by atoms with E-state index < -0.39 is 47.4 Å². The highest BCUT2D eigenvalue weighted by atomic mass is 19.4. The molecule has 1 heterocycles. The number of hydrogen-bond donors (Lipinski definition) is 2. The number of carboxylic acids is 1. The Morgan fingerprint density at radius 2 is 1.48 bits per heavy atom. The van der Waals surface area contributed by atoms with E-state index >= 15 is 0 Å². The van der Waals surface area contributed by atoms with Gasteiger partial charge in [-0.2, -0.15) is 13.2 Å². The quantitative estimate of drug-likeness (QED) is 0.201. The molecule has 0 aliphatic carbocycles. The van der Waals surface area contributed by atoms with Crippen LogP contribution in [0.5, 0.6) is 11.5 Å². The van der Waals surface area contributed by atoms with Gasteiger partial charge in [0.2, 0.25) is 5.91 Å². The summed E-state index contributed by atoms with van der Waals surface area (Å²) >= 11 is 0. The number of hydrogen-bond acceptors (Lipinski definition) is 5. The van der Waals surface area contributed by atoms with Crippen LogP contribution in [0.15, 0.2) is 97.1 Å². The van der Waals surface area contributed by atoms with Gasteiger partial charge in [0, 0.05) is 12.8 Å². The van der Waals surface area contributed by atoms with Gasteiger partial charge in [0.05, 0.1) is 12.1 Å². The fraction of sp³-hybridized carbons (Fsp3) is 0.270. The van der Waals surface area contributed by atoms with Crippen LogP contribution in [0.2, 0.25) is 0 Å². The number of nitrogens with zero attached hydrogens (tertiary/aromatic N) is 1. The zero-order valence-corrected chi connectivity index (χ0v) is 26.6. The summed E-state index contributed by atoms with van der Waals surface area (Å²) in [7, 11) is 0. The third kappa shape index (κ3) is 8.52. The second-order valence-corrected chi connectivity index (χ2v) is 12.5. The highest BCUT2D eigenvalue weighted by molar-refractivity contribution is 5.90. The van der Waals surface area contributed by atoms with Crippen molar-refractivity contribution >= 4 is 18.0 Å². The van der Waals surface area contributed by atoms with Crippen LogP contribution in [-0.2, 0) is 39.9 Å². The number of carboxylic acid groups (broad SMARTS) is 1. The van der Waals surface area contributed by atoms with Gasteiger partial charge in [0.25, 0.3) is 0 Å². The van der Waals surface area contributed by atoms with Crippen LogP contribution in [0.3, 0.4) is 0 Å². The maximum atomic E-state index is 13.7. The molecule has 0 fully saturated rings. The number of halogens is 3. The summed E-state index contributed by atoms with van der Waals surface area (Å²) in [6.07, 6.45) is -5.14. The zero-order chi connectivity index (χ0) is 34.6. The van der Waals surface area contributed by atoms with E-state index in [4.69, 9.17) is 9.47 Å². The maximum Gasteiger partial charge on any atom is 0.416 e. The number of amides is 2. The van der Waals surface area contributed by atoms with Crippen LogP contribution in [0.1, 0.15) is 43.0 Å². The Morgan fingerprint density at radius 3 is 2.08 bits per heavy atom. The van der Waals surface area contributed by atoms with Crippen LogP contribution >= 0.6 is 0 Å². The van der Waals surface area contributed by atoms with E-state index in [2.05, 4.69) is 5.32 Å². The SMILES string of the molecule is CC(C)(C)OC(=O)N1Cc2cc(Oc3ccc(C(F)(F)F)cc3)ccc2C[C@@H]1C(=O)N[C@@H](Cc1ccc(-c2ccccc2)cc1)C(=O)O. The average molecular weight is 661 g/mol. The molecule has 0 bridgehead atoms. The molecule has 0 aromatic heterocycles. The Balaban J connectivity index is 1.34. The van der Waals surface area contributed by atoms with Crippen molar-refractivity contribution in [3.8, 4) is 22.6 Å². The van der Waals surface area contributed by atoms with E-state index in [-0.39, 0.29) is 25.1 Å². The van der Waals surface area contributed by atoms with E-state index in [1.165, 1.54) is 17.0 Å². The van der Waals surface area contributed by atoms with Crippen molar-refractivity contribution in [2.45, 2.75) is 64.0 Å². The van der Waals surface area contributed by atoms with Crippen molar-refractivity contribution in [2.75, 3.05) is 0 Å². The normalized spacial score (nSPS) is 15.2. The fourth-order valence-electron chi connectivity index (χ4n) is 5.39. The Hall–Kier alpha value is -5.32. The van der Waals surface area contributed by atoms with Crippen LogP contribution in [0.25, 0.3) is 11.1 Å². The predicted molar refractivity (Wildman–Crippen MR) is 172 cm³/mol. The smallest absolute Gasteiger partial charge is 0.416 e. The van der Waals surface area contributed by atoms with Gasteiger partial charge in [-0.15, -0.1) is 0 Å². The minimum absolute atomic E-state index is 0.0243. The van der Waals surface area contributed by atoms with Gasteiger partial charge >= 0.3 is 18.2 Å². The van der Waals surface area contributed by atoms with Gasteiger partial charge in [-0.25, -0.2) is 9.59 Å². The van der Waals surface area contributed by atoms with E-state index in [1.54, 1.807) is 39.0 Å². The van der Waals surface area contributed by atoms with Gasteiger partial charge in [0.15, 0.2) is 0 Å². The lowest BCUT2D eigenvalue weighted by molar-refractivity contribution is -0.142. The van der Waals surface area contributed by atoms with E-state index in [0.717, 1.165) is 28.8 Å². The Kier molecular flexibility index (Phi) is 9.79. The Bertz CT molecular complexity index is 1770. The Labute approximate surface area is 276 Å². The molecule has 0 unspecified atom stereocenters. The fourth-order valence-corrected chi connectivity index (χ4v) is 5.39. The molecule has 0 radical (unpaired) electrons. The molecular formula is C37H35F3N2O6. The van der Waals surface area contributed by atoms with Gasteiger partial charge < -0.3 is 19.9 Å². The highest BCUT2D eigenvalue weighted by Crippen LogP contribution is 2.33. The van der Waals surface area contributed by atoms with E-state index in [0.29, 0.717) is 16.9 Å². The molecule has 2 amide bonds. The summed E-state index contributed by atoms with van der Waals surface area (Å²) in [5, 5.41) is 12.6. The third-order valence-corrected chi connectivity index (χ3v) is 7.77. The number of ether oxygens (including phenoxy) is 2. The number of nitrogens with one attached hydrogen (secondary N) is 1. The number of alkyl halides is 3.